The second kappa shape index (κ2) is 4.57. The van der Waals surface area contributed by atoms with E-state index in [-0.39, 0.29) is 5.54 Å². The van der Waals surface area contributed by atoms with Gasteiger partial charge >= 0.3 is 0 Å². The third kappa shape index (κ3) is 3.92. The first-order valence-electron chi connectivity index (χ1n) is 5.22. The minimum absolute atomic E-state index is 0.136. The summed E-state index contributed by atoms with van der Waals surface area (Å²) in [4.78, 5) is 2.08. The largest absolute Gasteiger partial charge is 0.389 e. The van der Waals surface area contributed by atoms with Gasteiger partial charge in [-0.1, -0.05) is 0 Å². The van der Waals surface area contributed by atoms with Crippen LogP contribution in [-0.2, 0) is 0 Å². The third-order valence-corrected chi connectivity index (χ3v) is 2.42. The van der Waals surface area contributed by atoms with Crippen LogP contribution in [0.1, 0.15) is 20.8 Å². The predicted molar refractivity (Wildman–Crippen MR) is 56.2 cm³/mol. The van der Waals surface area contributed by atoms with Gasteiger partial charge in [-0.05, 0) is 20.8 Å². The van der Waals surface area contributed by atoms with Gasteiger partial charge in [-0.3, -0.25) is 4.90 Å². The molecule has 2 unspecified atom stereocenters. The Kier molecular flexibility index (Phi) is 3.89. The van der Waals surface area contributed by atoms with Gasteiger partial charge in [0, 0.05) is 31.7 Å². The Morgan fingerprint density at radius 3 is 2.14 bits per heavy atom. The summed E-state index contributed by atoms with van der Waals surface area (Å²) in [5.74, 6) is 0. The van der Waals surface area contributed by atoms with Crippen LogP contribution >= 0.6 is 0 Å². The van der Waals surface area contributed by atoms with Gasteiger partial charge in [0.05, 0.1) is 12.2 Å². The molecule has 4 heteroatoms. The summed E-state index contributed by atoms with van der Waals surface area (Å²) >= 11 is 0. The molecule has 4 nitrogen and oxygen atoms in total. The summed E-state index contributed by atoms with van der Waals surface area (Å²) < 4.78 is 0. The molecule has 0 bridgehead atoms. The quantitative estimate of drug-likeness (QED) is 0.573. The monoisotopic (exact) mass is 202 g/mol. The highest BCUT2D eigenvalue weighted by Gasteiger charge is 2.28. The van der Waals surface area contributed by atoms with Crippen molar-refractivity contribution >= 4 is 0 Å². The first kappa shape index (κ1) is 11.9. The minimum Gasteiger partial charge on any atom is -0.389 e. The van der Waals surface area contributed by atoms with Gasteiger partial charge in [0.1, 0.15) is 0 Å². The molecule has 0 aromatic heterocycles. The van der Waals surface area contributed by atoms with E-state index in [9.17, 15) is 10.2 Å². The Morgan fingerprint density at radius 2 is 1.71 bits per heavy atom. The average Bonchev–Trinajstić information content (AvgIpc) is 2.28. The van der Waals surface area contributed by atoms with Crippen LogP contribution in [0.4, 0.5) is 0 Å². The fraction of sp³-hybridized carbons (Fsp3) is 1.00. The van der Waals surface area contributed by atoms with E-state index in [0.29, 0.717) is 13.1 Å². The predicted octanol–water partition coefficient (Wildman–Crippen LogP) is -0.588. The van der Waals surface area contributed by atoms with E-state index >= 15 is 0 Å². The van der Waals surface area contributed by atoms with Crippen molar-refractivity contribution in [2.24, 2.45) is 0 Å². The number of aliphatic hydroxyl groups excluding tert-OH is 2. The number of hydrogen-bond donors (Lipinski definition) is 3. The Morgan fingerprint density at radius 1 is 1.21 bits per heavy atom. The minimum atomic E-state index is -0.565. The highest BCUT2D eigenvalue weighted by atomic mass is 16.3. The maximum atomic E-state index is 9.32. The molecule has 0 saturated carbocycles. The number of likely N-dealkylation sites (tertiary alicyclic amines) is 1. The molecular formula is C10H22N2O2. The number of nitrogens with one attached hydrogen (secondary N) is 1. The van der Waals surface area contributed by atoms with E-state index in [2.05, 4.69) is 31.0 Å². The molecule has 14 heavy (non-hydrogen) atoms. The normalized spacial score (nSPS) is 29.8. The van der Waals surface area contributed by atoms with Crippen molar-refractivity contribution in [3.63, 3.8) is 0 Å². The number of aliphatic hydroxyl groups is 2. The average molecular weight is 202 g/mol. The third-order valence-electron chi connectivity index (χ3n) is 2.42. The molecule has 0 aromatic rings. The van der Waals surface area contributed by atoms with Gasteiger partial charge in [-0.15, -0.1) is 0 Å². The zero-order valence-electron chi connectivity index (χ0n) is 9.32. The molecule has 0 aromatic carbocycles. The molecule has 1 fully saturated rings. The van der Waals surface area contributed by atoms with Gasteiger partial charge in [-0.2, -0.15) is 0 Å². The fourth-order valence-electron chi connectivity index (χ4n) is 1.62. The van der Waals surface area contributed by atoms with Crippen molar-refractivity contribution in [1.82, 2.24) is 10.2 Å². The molecule has 0 radical (unpaired) electrons. The second-order valence-electron chi connectivity index (χ2n) is 5.07. The van der Waals surface area contributed by atoms with Crippen molar-refractivity contribution in [3.8, 4) is 0 Å². The summed E-state index contributed by atoms with van der Waals surface area (Å²) in [6.45, 7) is 9.33. The topological polar surface area (TPSA) is 55.7 Å². The summed E-state index contributed by atoms with van der Waals surface area (Å²) in [6.07, 6.45) is -1.13. The summed E-state index contributed by atoms with van der Waals surface area (Å²) in [7, 11) is 0. The van der Waals surface area contributed by atoms with Crippen molar-refractivity contribution in [1.29, 1.82) is 0 Å². The molecule has 2 atom stereocenters. The molecular weight excluding hydrogens is 180 g/mol. The van der Waals surface area contributed by atoms with Crippen LogP contribution < -0.4 is 5.32 Å². The lowest BCUT2D eigenvalue weighted by Gasteiger charge is -2.23. The first-order chi connectivity index (χ1) is 6.38. The highest BCUT2D eigenvalue weighted by molar-refractivity contribution is 4.83. The van der Waals surface area contributed by atoms with Crippen LogP contribution in [-0.4, -0.2) is 59.0 Å². The number of hydrogen-bond acceptors (Lipinski definition) is 4. The SMILES string of the molecule is CC(C)(C)NCCN1CC(O)C(O)C1. The Labute approximate surface area is 85.9 Å². The second-order valence-corrected chi connectivity index (χ2v) is 5.07. The van der Waals surface area contributed by atoms with Crippen molar-refractivity contribution < 1.29 is 10.2 Å². The lowest BCUT2D eigenvalue weighted by Crippen LogP contribution is -2.41. The van der Waals surface area contributed by atoms with Gasteiger partial charge < -0.3 is 15.5 Å². The maximum absolute atomic E-state index is 9.32. The lowest BCUT2D eigenvalue weighted by atomic mass is 10.1. The van der Waals surface area contributed by atoms with Crippen LogP contribution in [0.5, 0.6) is 0 Å². The van der Waals surface area contributed by atoms with Crippen molar-refractivity contribution in [3.05, 3.63) is 0 Å². The lowest BCUT2D eigenvalue weighted by molar-refractivity contribution is 0.0572. The Bertz CT molecular complexity index is 169. The molecule has 1 aliphatic heterocycles. The fourth-order valence-corrected chi connectivity index (χ4v) is 1.62. The van der Waals surface area contributed by atoms with Crippen molar-refractivity contribution in [2.75, 3.05) is 26.2 Å². The summed E-state index contributed by atoms with van der Waals surface area (Å²) in [5, 5.41) is 22.0. The molecule has 0 amide bonds. The molecule has 84 valence electrons. The van der Waals surface area contributed by atoms with E-state index in [4.69, 9.17) is 0 Å². The van der Waals surface area contributed by atoms with E-state index in [1.807, 2.05) is 0 Å². The van der Waals surface area contributed by atoms with E-state index < -0.39 is 12.2 Å². The highest BCUT2D eigenvalue weighted by Crippen LogP contribution is 2.08. The molecule has 0 aliphatic carbocycles. The standard InChI is InChI=1S/C10H22N2O2/c1-10(2,3)11-4-5-12-6-8(13)9(14)7-12/h8-9,11,13-14H,4-7H2,1-3H3. The molecule has 1 aliphatic rings. The van der Waals surface area contributed by atoms with Gasteiger partial charge in [0.15, 0.2) is 0 Å². The van der Waals surface area contributed by atoms with E-state index in [1.165, 1.54) is 0 Å². The number of rotatable bonds is 3. The van der Waals surface area contributed by atoms with E-state index in [1.54, 1.807) is 0 Å². The van der Waals surface area contributed by atoms with Gasteiger partial charge in [0.2, 0.25) is 0 Å². The summed E-state index contributed by atoms with van der Waals surface area (Å²) in [6, 6.07) is 0. The Balaban J connectivity index is 2.15. The molecule has 3 N–H and O–H groups in total. The number of nitrogens with zero attached hydrogens (tertiary/aromatic N) is 1. The zero-order chi connectivity index (χ0) is 10.8. The summed E-state index contributed by atoms with van der Waals surface area (Å²) in [5.41, 5.74) is 0.136. The van der Waals surface area contributed by atoms with Gasteiger partial charge in [-0.25, -0.2) is 0 Å². The first-order valence-corrected chi connectivity index (χ1v) is 5.22. The van der Waals surface area contributed by atoms with Crippen LogP contribution in [0.25, 0.3) is 0 Å². The Hall–Kier alpha value is -0.160. The number of β-amino-alcohol motifs (C(OH)–C–C–N with tert-alkyl or cyclic N) is 2. The zero-order valence-corrected chi connectivity index (χ0v) is 9.32. The van der Waals surface area contributed by atoms with Crippen LogP contribution in [0.15, 0.2) is 0 Å². The van der Waals surface area contributed by atoms with Crippen LogP contribution in [0, 0.1) is 0 Å². The molecule has 1 saturated heterocycles. The molecule has 1 rings (SSSR count). The molecule has 1 heterocycles. The van der Waals surface area contributed by atoms with Gasteiger partial charge in [0.25, 0.3) is 0 Å². The van der Waals surface area contributed by atoms with Crippen molar-refractivity contribution in [2.45, 2.75) is 38.5 Å². The molecule has 0 spiro atoms. The van der Waals surface area contributed by atoms with E-state index in [0.717, 1.165) is 13.1 Å². The van der Waals surface area contributed by atoms with Crippen LogP contribution in [0.2, 0.25) is 0 Å². The smallest absolute Gasteiger partial charge is 0.0938 e. The maximum Gasteiger partial charge on any atom is 0.0938 e. The van der Waals surface area contributed by atoms with Crippen LogP contribution in [0.3, 0.4) is 0 Å².